The highest BCUT2D eigenvalue weighted by Gasteiger charge is 2.35. The zero-order valence-electron chi connectivity index (χ0n) is 6.54. The lowest BCUT2D eigenvalue weighted by Crippen LogP contribution is -2.09. The first-order valence-electron chi connectivity index (χ1n) is 3.28. The fraction of sp³-hybridized carbons (Fsp3) is 0.333. The van der Waals surface area contributed by atoms with Gasteiger partial charge in [0.1, 0.15) is 0 Å². The average molecular weight is 211 g/mol. The van der Waals surface area contributed by atoms with Crippen molar-refractivity contribution in [1.82, 2.24) is 5.16 Å². The first-order valence-corrected chi connectivity index (χ1v) is 3.28. The molecule has 78 valence electrons. The summed E-state index contributed by atoms with van der Waals surface area (Å²) >= 11 is 0. The fourth-order valence-corrected chi connectivity index (χ4v) is 0.593. The molecular formula is C6H4F3NO4. The summed E-state index contributed by atoms with van der Waals surface area (Å²) in [5.74, 6) is -1.91. The Balaban J connectivity index is 2.64. The smallest absolute Gasteiger partial charge is 0.436 e. The van der Waals surface area contributed by atoms with Crippen LogP contribution in [0.15, 0.2) is 10.6 Å². The number of rotatable bonds is 3. The van der Waals surface area contributed by atoms with Crippen LogP contribution in [-0.4, -0.2) is 22.8 Å². The zero-order chi connectivity index (χ0) is 10.8. The molecule has 1 aromatic rings. The summed E-state index contributed by atoms with van der Waals surface area (Å²) in [6.45, 7) is -0.785. The monoisotopic (exact) mass is 211 g/mol. The first-order chi connectivity index (χ1) is 6.39. The minimum atomic E-state index is -4.63. The second-order valence-electron chi connectivity index (χ2n) is 2.21. The van der Waals surface area contributed by atoms with Crippen LogP contribution in [0.3, 0.4) is 0 Å². The molecule has 0 aromatic carbocycles. The van der Waals surface area contributed by atoms with Crippen LogP contribution in [0, 0.1) is 0 Å². The van der Waals surface area contributed by atoms with Crippen LogP contribution in [-0.2, 0) is 11.0 Å². The lowest BCUT2D eigenvalue weighted by atomic mass is 10.4. The first kappa shape index (κ1) is 10.4. The molecular weight excluding hydrogens is 207 g/mol. The number of nitrogens with zero attached hydrogens (tertiary/aromatic N) is 1. The third kappa shape index (κ3) is 2.64. The van der Waals surface area contributed by atoms with E-state index in [1.807, 2.05) is 0 Å². The summed E-state index contributed by atoms with van der Waals surface area (Å²) in [5.41, 5.74) is -1.27. The molecule has 0 amide bonds. The van der Waals surface area contributed by atoms with E-state index in [0.717, 1.165) is 0 Å². The standard InChI is InChI=1S/C6H4F3NO4/c7-6(8,9)3-1-5(14-10-3)13-2-4(11)12/h1H,2H2,(H,11,12). The van der Waals surface area contributed by atoms with Crippen LogP contribution in [0.5, 0.6) is 5.95 Å². The molecule has 0 aliphatic heterocycles. The maximum atomic E-state index is 11.9. The molecule has 0 saturated heterocycles. The molecule has 0 aliphatic rings. The fourth-order valence-electron chi connectivity index (χ4n) is 0.593. The molecule has 0 spiro atoms. The van der Waals surface area contributed by atoms with Crippen molar-refractivity contribution in [2.75, 3.05) is 6.61 Å². The Morgan fingerprint density at radius 1 is 1.64 bits per heavy atom. The third-order valence-corrected chi connectivity index (χ3v) is 1.12. The number of carbonyl (C=O) groups is 1. The van der Waals surface area contributed by atoms with Crippen molar-refractivity contribution in [2.45, 2.75) is 6.18 Å². The van der Waals surface area contributed by atoms with E-state index in [1.54, 1.807) is 0 Å². The summed E-state index contributed by atoms with van der Waals surface area (Å²) in [6, 6.07) is 0.475. The molecule has 0 radical (unpaired) electrons. The highest BCUT2D eigenvalue weighted by Crippen LogP contribution is 2.30. The minimum absolute atomic E-state index is 0.475. The van der Waals surface area contributed by atoms with Crippen LogP contribution in [0.25, 0.3) is 0 Å². The Hall–Kier alpha value is -1.73. The molecule has 1 N–H and O–H groups in total. The summed E-state index contributed by atoms with van der Waals surface area (Å²) in [7, 11) is 0. The van der Waals surface area contributed by atoms with Crippen LogP contribution < -0.4 is 4.74 Å². The van der Waals surface area contributed by atoms with E-state index in [0.29, 0.717) is 6.07 Å². The Bertz CT molecular complexity index is 332. The van der Waals surface area contributed by atoms with Crippen molar-refractivity contribution >= 4 is 5.97 Å². The van der Waals surface area contributed by atoms with Gasteiger partial charge >= 0.3 is 18.1 Å². The summed E-state index contributed by atoms with van der Waals surface area (Å²) in [4.78, 5) is 9.97. The average Bonchev–Trinajstić information content (AvgIpc) is 2.47. The Morgan fingerprint density at radius 2 is 2.29 bits per heavy atom. The lowest BCUT2D eigenvalue weighted by molar-refractivity contribution is -0.143. The summed E-state index contributed by atoms with van der Waals surface area (Å²) in [5, 5.41) is 10.8. The number of alkyl halides is 3. The Morgan fingerprint density at radius 3 is 2.71 bits per heavy atom. The van der Waals surface area contributed by atoms with E-state index >= 15 is 0 Å². The van der Waals surface area contributed by atoms with Crippen LogP contribution in [0.2, 0.25) is 0 Å². The molecule has 8 heteroatoms. The van der Waals surface area contributed by atoms with Crippen molar-refractivity contribution in [3.05, 3.63) is 11.8 Å². The minimum Gasteiger partial charge on any atom is -0.479 e. The molecule has 1 rings (SSSR count). The molecule has 14 heavy (non-hydrogen) atoms. The molecule has 0 fully saturated rings. The maximum absolute atomic E-state index is 11.9. The second kappa shape index (κ2) is 3.56. The zero-order valence-corrected chi connectivity index (χ0v) is 6.54. The second-order valence-corrected chi connectivity index (χ2v) is 2.21. The number of aromatic nitrogens is 1. The third-order valence-electron chi connectivity index (χ3n) is 1.12. The van der Waals surface area contributed by atoms with E-state index in [4.69, 9.17) is 5.11 Å². The SMILES string of the molecule is O=C(O)COc1cc(C(F)(F)F)no1. The molecule has 0 saturated carbocycles. The van der Waals surface area contributed by atoms with Crippen molar-refractivity contribution in [3.63, 3.8) is 0 Å². The maximum Gasteiger partial charge on any atom is 0.436 e. The van der Waals surface area contributed by atoms with E-state index in [9.17, 15) is 18.0 Å². The number of carboxylic acids is 1. The number of hydrogen-bond donors (Lipinski definition) is 1. The molecule has 0 unspecified atom stereocenters. The number of hydrogen-bond acceptors (Lipinski definition) is 4. The Kier molecular flexibility index (Phi) is 2.63. The van der Waals surface area contributed by atoms with Gasteiger partial charge in [-0.2, -0.15) is 13.2 Å². The highest BCUT2D eigenvalue weighted by molar-refractivity contribution is 5.68. The van der Waals surface area contributed by atoms with Gasteiger partial charge in [0.05, 0.1) is 6.07 Å². The van der Waals surface area contributed by atoms with Crippen molar-refractivity contribution < 1.29 is 32.3 Å². The van der Waals surface area contributed by atoms with Gasteiger partial charge in [0.15, 0.2) is 12.3 Å². The van der Waals surface area contributed by atoms with Gasteiger partial charge < -0.3 is 14.4 Å². The normalized spacial score (nSPS) is 11.4. The van der Waals surface area contributed by atoms with E-state index in [1.165, 1.54) is 0 Å². The molecule has 0 atom stereocenters. The van der Waals surface area contributed by atoms with E-state index in [-0.39, 0.29) is 0 Å². The lowest BCUT2D eigenvalue weighted by Gasteiger charge is -1.97. The molecule has 0 bridgehead atoms. The van der Waals surface area contributed by atoms with Crippen molar-refractivity contribution in [1.29, 1.82) is 0 Å². The number of carboxylic acid groups (broad SMARTS) is 1. The number of aliphatic carboxylic acids is 1. The number of ether oxygens (including phenoxy) is 1. The van der Waals surface area contributed by atoms with Crippen molar-refractivity contribution in [2.24, 2.45) is 0 Å². The molecule has 5 nitrogen and oxygen atoms in total. The van der Waals surface area contributed by atoms with E-state index < -0.39 is 30.4 Å². The van der Waals surface area contributed by atoms with Gasteiger partial charge in [-0.25, -0.2) is 4.79 Å². The van der Waals surface area contributed by atoms with Gasteiger partial charge in [-0.05, 0) is 0 Å². The van der Waals surface area contributed by atoms with E-state index in [2.05, 4.69) is 14.4 Å². The topological polar surface area (TPSA) is 72.6 Å². The van der Waals surface area contributed by atoms with Crippen LogP contribution >= 0.6 is 0 Å². The quantitative estimate of drug-likeness (QED) is 0.811. The predicted octanol–water partition coefficient (Wildman–Crippen LogP) is 1.16. The molecule has 1 aromatic heterocycles. The van der Waals surface area contributed by atoms with Gasteiger partial charge in [0.25, 0.3) is 0 Å². The van der Waals surface area contributed by atoms with Gasteiger partial charge in [0.2, 0.25) is 0 Å². The van der Waals surface area contributed by atoms with Crippen LogP contribution in [0.1, 0.15) is 5.69 Å². The molecule has 0 aliphatic carbocycles. The van der Waals surface area contributed by atoms with Gasteiger partial charge in [-0.15, -0.1) is 0 Å². The Labute approximate surface area is 75.1 Å². The predicted molar refractivity (Wildman–Crippen MR) is 34.6 cm³/mol. The van der Waals surface area contributed by atoms with Crippen LogP contribution in [0.4, 0.5) is 13.2 Å². The largest absolute Gasteiger partial charge is 0.479 e. The molecule has 1 heterocycles. The number of halogens is 3. The van der Waals surface area contributed by atoms with Gasteiger partial charge in [-0.1, -0.05) is 5.16 Å². The summed E-state index contributed by atoms with van der Waals surface area (Å²) < 4.78 is 44.1. The van der Waals surface area contributed by atoms with Gasteiger partial charge in [0, 0.05) is 0 Å². The van der Waals surface area contributed by atoms with Crippen molar-refractivity contribution in [3.8, 4) is 5.95 Å². The van der Waals surface area contributed by atoms with Gasteiger partial charge in [-0.3, -0.25) is 0 Å². The summed E-state index contributed by atoms with van der Waals surface area (Å²) in [6.07, 6.45) is -4.63. The highest BCUT2D eigenvalue weighted by atomic mass is 19.4.